The van der Waals surface area contributed by atoms with Crippen LogP contribution in [0.5, 0.6) is 0 Å². The Balaban J connectivity index is 0.00000420. The highest BCUT2D eigenvalue weighted by Crippen LogP contribution is 2.17. The Morgan fingerprint density at radius 2 is 1.03 bits per heavy atom. The molecule has 0 radical (unpaired) electrons. The number of rotatable bonds is 16. The van der Waals surface area contributed by atoms with Gasteiger partial charge in [0.15, 0.2) is 0 Å². The van der Waals surface area contributed by atoms with Crippen molar-refractivity contribution < 1.29 is 0 Å². The van der Waals surface area contributed by atoms with E-state index in [9.17, 15) is 0 Å². The van der Waals surface area contributed by atoms with Crippen LogP contribution in [-0.4, -0.2) is 0 Å². The van der Waals surface area contributed by atoms with E-state index in [1.807, 2.05) is 0 Å². The molecule has 0 bridgehead atoms. The van der Waals surface area contributed by atoms with Crippen LogP contribution in [0.1, 0.15) is 95.1 Å². The van der Waals surface area contributed by atoms with Crippen LogP contribution in [0, 0.1) is 0 Å². The normalized spacial score (nSPS) is 10.5. The minimum absolute atomic E-state index is 0. The Bertz CT molecular complexity index is 611. The third kappa shape index (κ3) is 12.0. The molecule has 0 atom stereocenters. The smallest absolute Gasteiger partial charge is 0.0403 e. The Morgan fingerprint density at radius 3 is 1.62 bits per heavy atom. The molecule has 2 aromatic carbocycles. The molecule has 29 heavy (non-hydrogen) atoms. The van der Waals surface area contributed by atoms with Gasteiger partial charge in [0.1, 0.15) is 0 Å². The molecule has 0 aliphatic carbocycles. The number of anilines is 1. The van der Waals surface area contributed by atoms with Gasteiger partial charge in [-0.15, -0.1) is 12.4 Å². The summed E-state index contributed by atoms with van der Waals surface area (Å²) in [6.07, 6.45) is 18.2. The van der Waals surface area contributed by atoms with Crippen LogP contribution in [0.2, 0.25) is 0 Å². The lowest BCUT2D eigenvalue weighted by Crippen LogP contribution is -2.03. The molecule has 1 nitrogen and oxygen atoms in total. The third-order valence-corrected chi connectivity index (χ3v) is 5.67. The summed E-state index contributed by atoms with van der Waals surface area (Å²) in [6, 6.07) is 19.4. The molecule has 0 aliphatic heterocycles. The second kappa shape index (κ2) is 17.4. The highest BCUT2D eigenvalue weighted by atomic mass is 35.5. The van der Waals surface area contributed by atoms with E-state index < -0.39 is 0 Å². The number of para-hydroxylation sites is 1. The molecule has 1 N–H and O–H groups in total. The van der Waals surface area contributed by atoms with Crippen molar-refractivity contribution in [1.29, 1.82) is 0 Å². The molecule has 0 saturated heterocycles. The zero-order valence-electron chi connectivity index (χ0n) is 18.5. The van der Waals surface area contributed by atoms with Gasteiger partial charge in [0, 0.05) is 12.2 Å². The zero-order valence-corrected chi connectivity index (χ0v) is 19.3. The predicted octanol–water partition coefficient (Wildman–Crippen LogP) is 8.96. The fourth-order valence-electron chi connectivity index (χ4n) is 3.88. The number of nitrogens with one attached hydrogen (secondary N) is 1. The third-order valence-electron chi connectivity index (χ3n) is 5.67. The van der Waals surface area contributed by atoms with Gasteiger partial charge in [-0.25, -0.2) is 0 Å². The van der Waals surface area contributed by atoms with E-state index >= 15 is 0 Å². The van der Waals surface area contributed by atoms with E-state index in [2.05, 4.69) is 66.8 Å². The number of benzene rings is 2. The lowest BCUT2D eigenvalue weighted by atomic mass is 10.00. The second-order valence-electron chi connectivity index (χ2n) is 8.13. The molecule has 0 fully saturated rings. The molecule has 0 aromatic heterocycles. The Morgan fingerprint density at radius 1 is 0.552 bits per heavy atom. The van der Waals surface area contributed by atoms with E-state index in [0.29, 0.717) is 0 Å². The van der Waals surface area contributed by atoms with Crippen molar-refractivity contribution in [2.75, 3.05) is 5.32 Å². The van der Waals surface area contributed by atoms with Crippen LogP contribution in [0.15, 0.2) is 54.6 Å². The number of hydrogen-bond donors (Lipinski definition) is 1. The van der Waals surface area contributed by atoms with E-state index in [1.165, 1.54) is 100 Å². The van der Waals surface area contributed by atoms with Crippen LogP contribution in [0.3, 0.4) is 0 Å². The van der Waals surface area contributed by atoms with Crippen LogP contribution >= 0.6 is 12.4 Å². The van der Waals surface area contributed by atoms with Crippen LogP contribution in [-0.2, 0) is 13.0 Å². The highest BCUT2D eigenvalue weighted by Gasteiger charge is 2.02. The van der Waals surface area contributed by atoms with Gasteiger partial charge in [-0.05, 0) is 36.1 Å². The van der Waals surface area contributed by atoms with Gasteiger partial charge >= 0.3 is 0 Å². The molecule has 0 spiro atoms. The largest absolute Gasteiger partial charge is 0.381 e. The maximum absolute atomic E-state index is 3.55. The van der Waals surface area contributed by atoms with Gasteiger partial charge in [-0.2, -0.15) is 0 Å². The maximum Gasteiger partial charge on any atom is 0.0403 e. The van der Waals surface area contributed by atoms with Gasteiger partial charge in [0.05, 0.1) is 0 Å². The summed E-state index contributed by atoms with van der Waals surface area (Å²) >= 11 is 0. The fourth-order valence-corrected chi connectivity index (χ4v) is 3.88. The fraction of sp³-hybridized carbons (Fsp3) is 0.556. The van der Waals surface area contributed by atoms with Crippen molar-refractivity contribution in [3.05, 3.63) is 65.7 Å². The van der Waals surface area contributed by atoms with Crippen molar-refractivity contribution in [3.63, 3.8) is 0 Å². The number of hydrogen-bond acceptors (Lipinski definition) is 1. The number of aryl methyl sites for hydroxylation is 1. The van der Waals surface area contributed by atoms with Gasteiger partial charge in [-0.3, -0.25) is 0 Å². The van der Waals surface area contributed by atoms with Gasteiger partial charge in [0.25, 0.3) is 0 Å². The first-order valence-electron chi connectivity index (χ1n) is 11.8. The molecule has 0 aliphatic rings. The Labute approximate surface area is 186 Å². The summed E-state index contributed by atoms with van der Waals surface area (Å²) in [5, 5.41) is 3.55. The molecule has 2 aromatic rings. The lowest BCUT2D eigenvalue weighted by molar-refractivity contribution is 0.544. The lowest BCUT2D eigenvalue weighted by Gasteiger charge is -2.11. The van der Waals surface area contributed by atoms with Crippen molar-refractivity contribution in [1.82, 2.24) is 0 Å². The van der Waals surface area contributed by atoms with Gasteiger partial charge in [-0.1, -0.05) is 120 Å². The molecular formula is C27H42ClN. The van der Waals surface area contributed by atoms with Crippen molar-refractivity contribution in [2.45, 2.75) is 96.9 Å². The molecule has 0 heterocycles. The minimum Gasteiger partial charge on any atom is -0.381 e. The monoisotopic (exact) mass is 415 g/mol. The Hall–Kier alpha value is -1.47. The quantitative estimate of drug-likeness (QED) is 0.269. The van der Waals surface area contributed by atoms with Gasteiger partial charge < -0.3 is 5.32 Å². The first-order chi connectivity index (χ1) is 13.9. The number of unbranched alkanes of at least 4 members (excludes halogenated alkanes) is 11. The standard InChI is InChI=1S/C27H41N.ClH/c1-2-3-4-5-6-7-8-9-10-11-12-14-19-25-20-17-18-21-26(25)24-28-27-22-15-13-16-23-27;/h13,15-18,20-23,28H,2-12,14,19,24H2,1H3;1H. The molecule has 0 amide bonds. The molecule has 0 unspecified atom stereocenters. The van der Waals surface area contributed by atoms with E-state index in [1.54, 1.807) is 0 Å². The molecule has 2 rings (SSSR count). The summed E-state index contributed by atoms with van der Waals surface area (Å²) in [5.74, 6) is 0. The summed E-state index contributed by atoms with van der Waals surface area (Å²) in [5.41, 5.74) is 4.15. The zero-order chi connectivity index (χ0) is 19.7. The van der Waals surface area contributed by atoms with Crippen LogP contribution in [0.25, 0.3) is 0 Å². The maximum atomic E-state index is 3.55. The molecular weight excluding hydrogens is 374 g/mol. The average Bonchev–Trinajstić information content (AvgIpc) is 2.74. The summed E-state index contributed by atoms with van der Waals surface area (Å²) in [4.78, 5) is 0. The van der Waals surface area contributed by atoms with Gasteiger partial charge in [0.2, 0.25) is 0 Å². The molecule has 0 saturated carbocycles. The highest BCUT2D eigenvalue weighted by molar-refractivity contribution is 5.85. The first-order valence-corrected chi connectivity index (χ1v) is 11.8. The van der Waals surface area contributed by atoms with Crippen LogP contribution < -0.4 is 5.32 Å². The first kappa shape index (κ1) is 25.6. The van der Waals surface area contributed by atoms with Crippen molar-refractivity contribution in [3.8, 4) is 0 Å². The SMILES string of the molecule is CCCCCCCCCCCCCCc1ccccc1CNc1ccccc1.Cl. The van der Waals surface area contributed by atoms with E-state index in [4.69, 9.17) is 0 Å². The summed E-state index contributed by atoms with van der Waals surface area (Å²) < 4.78 is 0. The number of halogens is 1. The average molecular weight is 416 g/mol. The van der Waals surface area contributed by atoms with Crippen molar-refractivity contribution in [2.24, 2.45) is 0 Å². The summed E-state index contributed by atoms with van der Waals surface area (Å²) in [6.45, 7) is 3.21. The molecule has 162 valence electrons. The summed E-state index contributed by atoms with van der Waals surface area (Å²) in [7, 11) is 0. The topological polar surface area (TPSA) is 12.0 Å². The van der Waals surface area contributed by atoms with E-state index in [-0.39, 0.29) is 12.4 Å². The molecule has 2 heteroatoms. The second-order valence-corrected chi connectivity index (χ2v) is 8.13. The van der Waals surface area contributed by atoms with Crippen molar-refractivity contribution >= 4 is 18.1 Å². The predicted molar refractivity (Wildman–Crippen MR) is 132 cm³/mol. The van der Waals surface area contributed by atoms with E-state index in [0.717, 1.165) is 6.54 Å². The Kier molecular flexibility index (Phi) is 15.3. The minimum atomic E-state index is 0. The van der Waals surface area contributed by atoms with Crippen LogP contribution in [0.4, 0.5) is 5.69 Å².